The molecule has 160 valence electrons. The lowest BCUT2D eigenvalue weighted by Crippen LogP contribution is -2.10. The predicted octanol–water partition coefficient (Wildman–Crippen LogP) is 5.64. The van der Waals surface area contributed by atoms with Crippen LogP contribution in [0.15, 0.2) is 54.7 Å². The van der Waals surface area contributed by atoms with E-state index in [0.717, 1.165) is 34.5 Å². The number of hydrogen-bond acceptors (Lipinski definition) is 4. The standard InChI is InChI=1S/C26H29N3O2/c1-17(2)12-23-26(31-16-19-8-6-5-7-9-19)29-24(25(28-23)30-4)14-20-15-27-22-11-10-18(3)13-21(20)22/h5-11,13,15,17,27H,12,14,16H2,1-4H3. The van der Waals surface area contributed by atoms with Crippen molar-refractivity contribution in [1.29, 1.82) is 0 Å². The van der Waals surface area contributed by atoms with Crippen LogP contribution in [-0.2, 0) is 19.4 Å². The zero-order valence-corrected chi connectivity index (χ0v) is 18.6. The van der Waals surface area contributed by atoms with Gasteiger partial charge in [0.15, 0.2) is 0 Å². The van der Waals surface area contributed by atoms with Crippen LogP contribution in [0.3, 0.4) is 0 Å². The molecule has 2 aromatic heterocycles. The highest BCUT2D eigenvalue weighted by Crippen LogP contribution is 2.29. The Hall–Kier alpha value is -3.34. The second-order valence-electron chi connectivity index (χ2n) is 8.34. The van der Waals surface area contributed by atoms with Crippen molar-refractivity contribution in [3.8, 4) is 11.8 Å². The van der Waals surface area contributed by atoms with Crippen molar-refractivity contribution < 1.29 is 9.47 Å². The van der Waals surface area contributed by atoms with Crippen molar-refractivity contribution in [1.82, 2.24) is 15.0 Å². The molecule has 4 aromatic rings. The fourth-order valence-electron chi connectivity index (χ4n) is 3.73. The molecule has 0 fully saturated rings. The van der Waals surface area contributed by atoms with Gasteiger partial charge in [-0.1, -0.05) is 55.8 Å². The van der Waals surface area contributed by atoms with E-state index in [0.29, 0.717) is 30.7 Å². The normalized spacial score (nSPS) is 11.3. The number of benzene rings is 2. The summed E-state index contributed by atoms with van der Waals surface area (Å²) in [6.45, 7) is 6.89. The third-order valence-electron chi connectivity index (χ3n) is 5.26. The maximum absolute atomic E-state index is 6.15. The molecule has 0 atom stereocenters. The van der Waals surface area contributed by atoms with E-state index in [1.165, 1.54) is 10.9 Å². The molecular formula is C26H29N3O2. The molecule has 0 aliphatic rings. The highest BCUT2D eigenvalue weighted by Gasteiger charge is 2.18. The number of aromatic amines is 1. The Balaban J connectivity index is 1.69. The molecule has 0 aliphatic carbocycles. The van der Waals surface area contributed by atoms with Gasteiger partial charge in [0.1, 0.15) is 18.0 Å². The van der Waals surface area contributed by atoms with Crippen molar-refractivity contribution in [2.75, 3.05) is 7.11 Å². The van der Waals surface area contributed by atoms with E-state index in [-0.39, 0.29) is 0 Å². The molecule has 2 heterocycles. The summed E-state index contributed by atoms with van der Waals surface area (Å²) in [5, 5.41) is 1.20. The first kappa shape index (κ1) is 20.9. The Bertz CT molecular complexity index is 1170. The van der Waals surface area contributed by atoms with Crippen LogP contribution in [0.5, 0.6) is 11.8 Å². The molecule has 0 unspecified atom stereocenters. The smallest absolute Gasteiger partial charge is 0.236 e. The Morgan fingerprint density at radius 1 is 0.968 bits per heavy atom. The summed E-state index contributed by atoms with van der Waals surface area (Å²) in [4.78, 5) is 13.0. The van der Waals surface area contributed by atoms with Gasteiger partial charge < -0.3 is 14.5 Å². The van der Waals surface area contributed by atoms with E-state index >= 15 is 0 Å². The summed E-state index contributed by atoms with van der Waals surface area (Å²) in [7, 11) is 1.65. The monoisotopic (exact) mass is 415 g/mol. The average Bonchev–Trinajstić information content (AvgIpc) is 3.15. The van der Waals surface area contributed by atoms with Gasteiger partial charge >= 0.3 is 0 Å². The van der Waals surface area contributed by atoms with Gasteiger partial charge in [-0.3, -0.25) is 0 Å². The second-order valence-corrected chi connectivity index (χ2v) is 8.34. The van der Waals surface area contributed by atoms with Crippen molar-refractivity contribution in [3.05, 3.63) is 82.8 Å². The third kappa shape index (κ3) is 4.88. The second kappa shape index (κ2) is 9.21. The molecule has 1 N–H and O–H groups in total. The van der Waals surface area contributed by atoms with Gasteiger partial charge in [0.25, 0.3) is 0 Å². The van der Waals surface area contributed by atoms with Crippen LogP contribution in [0.1, 0.15) is 41.9 Å². The lowest BCUT2D eigenvalue weighted by Gasteiger charge is -2.15. The van der Waals surface area contributed by atoms with Crippen LogP contribution in [0.4, 0.5) is 0 Å². The summed E-state index contributed by atoms with van der Waals surface area (Å²) in [6.07, 6.45) is 3.43. The van der Waals surface area contributed by atoms with Gasteiger partial charge in [0.05, 0.1) is 7.11 Å². The van der Waals surface area contributed by atoms with E-state index in [9.17, 15) is 0 Å². The van der Waals surface area contributed by atoms with Gasteiger partial charge in [-0.15, -0.1) is 0 Å². The van der Waals surface area contributed by atoms with Crippen molar-refractivity contribution in [2.24, 2.45) is 5.92 Å². The Kier molecular flexibility index (Phi) is 6.21. The van der Waals surface area contributed by atoms with Crippen LogP contribution < -0.4 is 9.47 Å². The zero-order chi connectivity index (χ0) is 21.8. The molecular weight excluding hydrogens is 386 g/mol. The molecule has 0 spiro atoms. The largest absolute Gasteiger partial charge is 0.480 e. The summed E-state index contributed by atoms with van der Waals surface area (Å²) in [5.41, 5.74) is 6.22. The number of ether oxygens (including phenoxy) is 2. The van der Waals surface area contributed by atoms with E-state index in [1.807, 2.05) is 36.5 Å². The minimum Gasteiger partial charge on any atom is -0.480 e. The van der Waals surface area contributed by atoms with Gasteiger partial charge in [0.2, 0.25) is 11.8 Å². The maximum Gasteiger partial charge on any atom is 0.236 e. The number of methoxy groups -OCH3 is 1. The molecule has 4 rings (SSSR count). The molecule has 0 saturated heterocycles. The zero-order valence-electron chi connectivity index (χ0n) is 18.6. The summed E-state index contributed by atoms with van der Waals surface area (Å²) < 4.78 is 11.8. The summed E-state index contributed by atoms with van der Waals surface area (Å²) >= 11 is 0. The highest BCUT2D eigenvalue weighted by atomic mass is 16.5. The number of aryl methyl sites for hydroxylation is 1. The number of nitrogens with zero attached hydrogens (tertiary/aromatic N) is 2. The molecule has 0 amide bonds. The van der Waals surface area contributed by atoms with Crippen LogP contribution >= 0.6 is 0 Å². The molecule has 0 bridgehead atoms. The quantitative estimate of drug-likeness (QED) is 0.404. The summed E-state index contributed by atoms with van der Waals surface area (Å²) in [6, 6.07) is 16.5. The minimum absolute atomic E-state index is 0.431. The van der Waals surface area contributed by atoms with E-state index in [2.05, 4.69) is 44.0 Å². The molecule has 0 saturated carbocycles. The maximum atomic E-state index is 6.15. The number of nitrogens with one attached hydrogen (secondary N) is 1. The number of aromatic nitrogens is 3. The first-order chi connectivity index (χ1) is 15.0. The molecule has 5 heteroatoms. The van der Waals surface area contributed by atoms with Gasteiger partial charge in [0, 0.05) is 23.5 Å². The van der Waals surface area contributed by atoms with Crippen molar-refractivity contribution in [2.45, 2.75) is 40.2 Å². The lowest BCUT2D eigenvalue weighted by atomic mass is 10.1. The van der Waals surface area contributed by atoms with Crippen molar-refractivity contribution in [3.63, 3.8) is 0 Å². The Labute approximate surface area is 183 Å². The lowest BCUT2D eigenvalue weighted by molar-refractivity contribution is 0.282. The van der Waals surface area contributed by atoms with Crippen LogP contribution in [0.2, 0.25) is 0 Å². The van der Waals surface area contributed by atoms with Crippen LogP contribution in [0.25, 0.3) is 10.9 Å². The Morgan fingerprint density at radius 3 is 2.48 bits per heavy atom. The fourth-order valence-corrected chi connectivity index (χ4v) is 3.73. The number of rotatable bonds is 8. The van der Waals surface area contributed by atoms with Gasteiger partial charge in [-0.05, 0) is 42.5 Å². The first-order valence-corrected chi connectivity index (χ1v) is 10.7. The molecule has 0 radical (unpaired) electrons. The first-order valence-electron chi connectivity index (χ1n) is 10.7. The van der Waals surface area contributed by atoms with Crippen molar-refractivity contribution >= 4 is 10.9 Å². The Morgan fingerprint density at radius 2 is 1.74 bits per heavy atom. The average molecular weight is 416 g/mol. The number of H-pyrrole nitrogens is 1. The third-order valence-corrected chi connectivity index (χ3v) is 5.26. The van der Waals surface area contributed by atoms with E-state index in [1.54, 1.807) is 7.11 Å². The predicted molar refractivity (Wildman–Crippen MR) is 124 cm³/mol. The van der Waals surface area contributed by atoms with Gasteiger partial charge in [-0.2, -0.15) is 0 Å². The molecule has 5 nitrogen and oxygen atoms in total. The SMILES string of the molecule is COc1nc(CC(C)C)c(OCc2ccccc2)nc1Cc1c[nH]c2ccc(C)cc12. The fraction of sp³-hybridized carbons (Fsp3) is 0.308. The molecule has 31 heavy (non-hydrogen) atoms. The van der Waals surface area contributed by atoms with E-state index < -0.39 is 0 Å². The van der Waals surface area contributed by atoms with Crippen LogP contribution in [0, 0.1) is 12.8 Å². The minimum atomic E-state index is 0.431. The van der Waals surface area contributed by atoms with Gasteiger partial charge in [-0.25, -0.2) is 9.97 Å². The summed E-state index contributed by atoms with van der Waals surface area (Å²) in [5.74, 6) is 1.58. The number of fused-ring (bicyclic) bond motifs is 1. The number of hydrogen-bond donors (Lipinski definition) is 1. The molecule has 0 aliphatic heterocycles. The topological polar surface area (TPSA) is 60.0 Å². The molecule has 2 aromatic carbocycles. The van der Waals surface area contributed by atoms with E-state index in [4.69, 9.17) is 19.4 Å². The highest BCUT2D eigenvalue weighted by molar-refractivity contribution is 5.84. The van der Waals surface area contributed by atoms with Crippen LogP contribution in [-0.4, -0.2) is 22.1 Å².